The average Bonchev–Trinajstić information content (AvgIpc) is 3.11. The van der Waals surface area contributed by atoms with Crippen LogP contribution in [-0.2, 0) is 17.9 Å². The second kappa shape index (κ2) is 7.21. The number of piperidine rings is 1. The summed E-state index contributed by atoms with van der Waals surface area (Å²) in [6.45, 7) is 2.60. The molecule has 1 saturated heterocycles. The number of imidazole rings is 2. The molecule has 4 heterocycles. The Labute approximate surface area is 163 Å². The van der Waals surface area contributed by atoms with E-state index in [9.17, 15) is 4.79 Å². The van der Waals surface area contributed by atoms with Crippen molar-refractivity contribution in [2.45, 2.75) is 50.7 Å². The van der Waals surface area contributed by atoms with Crippen LogP contribution in [0.4, 0.5) is 0 Å². The van der Waals surface area contributed by atoms with Gasteiger partial charge < -0.3 is 18.6 Å². The fourth-order valence-electron chi connectivity index (χ4n) is 4.02. The van der Waals surface area contributed by atoms with Gasteiger partial charge in [-0.15, -0.1) is 10.2 Å². The Hall–Kier alpha value is -2.97. The lowest BCUT2D eigenvalue weighted by atomic mass is 9.95. The lowest BCUT2D eigenvalue weighted by Gasteiger charge is -2.32. The first-order chi connectivity index (χ1) is 13.8. The molecule has 0 spiro atoms. The van der Waals surface area contributed by atoms with E-state index in [1.54, 1.807) is 18.7 Å². The Morgan fingerprint density at radius 3 is 2.32 bits per heavy atom. The van der Waals surface area contributed by atoms with Crippen LogP contribution in [-0.4, -0.2) is 57.8 Å². The van der Waals surface area contributed by atoms with Gasteiger partial charge in [0, 0.05) is 49.8 Å². The molecule has 0 bridgehead atoms. The quantitative estimate of drug-likeness (QED) is 0.646. The summed E-state index contributed by atoms with van der Waals surface area (Å²) in [5.41, 5.74) is 0. The number of carbonyl (C=O) groups excluding carboxylic acids is 1. The Bertz CT molecular complexity index is 917. The van der Waals surface area contributed by atoms with Crippen molar-refractivity contribution in [3.05, 3.63) is 49.1 Å². The number of aromatic nitrogens is 7. The second-order valence-corrected chi connectivity index (χ2v) is 7.70. The molecule has 0 N–H and O–H groups in total. The highest BCUT2D eigenvalue weighted by Crippen LogP contribution is 2.40. The van der Waals surface area contributed by atoms with Gasteiger partial charge in [0.25, 0.3) is 0 Å². The largest absolute Gasteiger partial charge is 0.341 e. The summed E-state index contributed by atoms with van der Waals surface area (Å²) in [5.74, 6) is 2.62. The minimum atomic E-state index is 0.154. The molecule has 2 fully saturated rings. The van der Waals surface area contributed by atoms with E-state index in [2.05, 4.69) is 24.7 Å². The predicted molar refractivity (Wildman–Crippen MR) is 100 cm³/mol. The predicted octanol–water partition coefficient (Wildman–Crippen LogP) is 1.46. The molecule has 0 atom stereocenters. The smallest absolute Gasteiger partial charge is 0.242 e. The van der Waals surface area contributed by atoms with Crippen LogP contribution in [0.2, 0.25) is 0 Å². The molecule has 1 amide bonds. The molecule has 5 rings (SSSR count). The minimum absolute atomic E-state index is 0.154. The Kier molecular flexibility index (Phi) is 4.42. The SMILES string of the molecule is O=C(Cn1ccnc1)N1CCC(c2nnc(Cn3ccnc3)n2C2CC2)CC1. The van der Waals surface area contributed by atoms with Gasteiger partial charge in [0.2, 0.25) is 5.91 Å². The van der Waals surface area contributed by atoms with Gasteiger partial charge in [-0.25, -0.2) is 9.97 Å². The molecular weight excluding hydrogens is 356 g/mol. The van der Waals surface area contributed by atoms with E-state index < -0.39 is 0 Å². The lowest BCUT2D eigenvalue weighted by Crippen LogP contribution is -2.40. The van der Waals surface area contributed by atoms with E-state index >= 15 is 0 Å². The highest BCUT2D eigenvalue weighted by atomic mass is 16.2. The normalized spacial score (nSPS) is 17.9. The van der Waals surface area contributed by atoms with E-state index in [-0.39, 0.29) is 5.91 Å². The van der Waals surface area contributed by atoms with Gasteiger partial charge in [0.15, 0.2) is 5.82 Å². The van der Waals surface area contributed by atoms with Gasteiger partial charge in [-0.1, -0.05) is 0 Å². The topological polar surface area (TPSA) is 86.7 Å². The van der Waals surface area contributed by atoms with Crippen molar-refractivity contribution in [3.63, 3.8) is 0 Å². The molecule has 3 aromatic rings. The Morgan fingerprint density at radius 2 is 1.68 bits per heavy atom. The van der Waals surface area contributed by atoms with Crippen LogP contribution < -0.4 is 0 Å². The number of amides is 1. The average molecular weight is 380 g/mol. The number of rotatable bonds is 6. The van der Waals surface area contributed by atoms with Crippen LogP contribution >= 0.6 is 0 Å². The summed E-state index contributed by atoms with van der Waals surface area (Å²) in [6.07, 6.45) is 15.0. The van der Waals surface area contributed by atoms with Gasteiger partial charge in [0.05, 0.1) is 19.2 Å². The number of hydrogen-bond acceptors (Lipinski definition) is 5. The number of likely N-dealkylation sites (tertiary alicyclic amines) is 1. The Balaban J connectivity index is 1.26. The molecule has 1 saturated carbocycles. The van der Waals surface area contributed by atoms with Gasteiger partial charge in [0.1, 0.15) is 12.4 Å². The fourth-order valence-corrected chi connectivity index (χ4v) is 4.02. The van der Waals surface area contributed by atoms with Crippen molar-refractivity contribution in [1.82, 2.24) is 38.8 Å². The number of carbonyl (C=O) groups is 1. The zero-order chi connectivity index (χ0) is 18.9. The molecule has 9 heteroatoms. The highest BCUT2D eigenvalue weighted by Gasteiger charge is 2.34. The molecule has 146 valence electrons. The summed E-state index contributed by atoms with van der Waals surface area (Å²) in [5, 5.41) is 9.08. The van der Waals surface area contributed by atoms with E-state index in [1.807, 2.05) is 32.8 Å². The summed E-state index contributed by atoms with van der Waals surface area (Å²) >= 11 is 0. The van der Waals surface area contributed by atoms with E-state index in [0.29, 0.717) is 25.0 Å². The van der Waals surface area contributed by atoms with Crippen molar-refractivity contribution in [2.24, 2.45) is 0 Å². The summed E-state index contributed by atoms with van der Waals surface area (Å²) in [6, 6.07) is 0.532. The highest BCUT2D eigenvalue weighted by molar-refractivity contribution is 5.76. The van der Waals surface area contributed by atoms with Crippen molar-refractivity contribution < 1.29 is 4.79 Å². The van der Waals surface area contributed by atoms with Crippen LogP contribution in [0, 0.1) is 0 Å². The van der Waals surface area contributed by atoms with Crippen LogP contribution in [0.25, 0.3) is 0 Å². The van der Waals surface area contributed by atoms with Crippen LogP contribution in [0.5, 0.6) is 0 Å². The summed E-state index contributed by atoms with van der Waals surface area (Å²) < 4.78 is 6.21. The molecule has 0 aromatic carbocycles. The monoisotopic (exact) mass is 380 g/mol. The molecule has 2 aliphatic rings. The first-order valence-corrected chi connectivity index (χ1v) is 9.91. The number of nitrogens with zero attached hydrogens (tertiary/aromatic N) is 8. The zero-order valence-electron chi connectivity index (χ0n) is 15.8. The maximum Gasteiger partial charge on any atom is 0.242 e. The van der Waals surface area contributed by atoms with Crippen molar-refractivity contribution in [2.75, 3.05) is 13.1 Å². The molecule has 3 aromatic heterocycles. The second-order valence-electron chi connectivity index (χ2n) is 7.70. The van der Waals surface area contributed by atoms with Crippen molar-refractivity contribution in [3.8, 4) is 0 Å². The molecule has 0 unspecified atom stereocenters. The van der Waals surface area contributed by atoms with E-state index in [4.69, 9.17) is 0 Å². The first kappa shape index (κ1) is 17.2. The molecule has 28 heavy (non-hydrogen) atoms. The molecule has 1 aliphatic carbocycles. The van der Waals surface area contributed by atoms with Crippen molar-refractivity contribution >= 4 is 5.91 Å². The maximum absolute atomic E-state index is 12.5. The third-order valence-electron chi connectivity index (χ3n) is 5.68. The molecule has 9 nitrogen and oxygen atoms in total. The maximum atomic E-state index is 12.5. The van der Waals surface area contributed by atoms with Crippen LogP contribution in [0.3, 0.4) is 0 Å². The molecule has 1 aliphatic heterocycles. The van der Waals surface area contributed by atoms with Crippen LogP contribution in [0.15, 0.2) is 37.4 Å². The van der Waals surface area contributed by atoms with E-state index in [0.717, 1.165) is 37.6 Å². The summed E-state index contributed by atoms with van der Waals surface area (Å²) in [4.78, 5) is 22.6. The van der Waals surface area contributed by atoms with Crippen LogP contribution in [0.1, 0.15) is 49.3 Å². The van der Waals surface area contributed by atoms with Gasteiger partial charge in [-0.2, -0.15) is 0 Å². The van der Waals surface area contributed by atoms with Gasteiger partial charge in [-0.05, 0) is 25.7 Å². The summed E-state index contributed by atoms with van der Waals surface area (Å²) in [7, 11) is 0. The van der Waals surface area contributed by atoms with Gasteiger partial charge in [-0.3, -0.25) is 4.79 Å². The lowest BCUT2D eigenvalue weighted by molar-refractivity contribution is -0.132. The standard InChI is InChI=1S/C19H24N8O/c28-18(12-25-10-6-21-14-25)26-7-3-15(4-8-26)19-23-22-17(27(19)16-1-2-16)11-24-9-5-20-13-24/h5-6,9-10,13-16H,1-4,7-8,11-12H2. The first-order valence-electron chi connectivity index (χ1n) is 9.91. The zero-order valence-corrected chi connectivity index (χ0v) is 15.8. The molecular formula is C19H24N8O. The third kappa shape index (κ3) is 3.44. The third-order valence-corrected chi connectivity index (χ3v) is 5.68. The molecule has 0 radical (unpaired) electrons. The van der Waals surface area contributed by atoms with Crippen molar-refractivity contribution in [1.29, 1.82) is 0 Å². The fraction of sp³-hybridized carbons (Fsp3) is 0.526. The number of hydrogen-bond donors (Lipinski definition) is 0. The Morgan fingerprint density at radius 1 is 0.964 bits per heavy atom. The van der Waals surface area contributed by atoms with Gasteiger partial charge >= 0.3 is 0 Å². The van der Waals surface area contributed by atoms with E-state index in [1.165, 1.54) is 12.8 Å². The minimum Gasteiger partial charge on any atom is -0.341 e.